The zero-order valence-electron chi connectivity index (χ0n) is 10.2. The highest BCUT2D eigenvalue weighted by Gasteiger charge is 2.10. The maximum atomic E-state index is 4.27. The highest BCUT2D eigenvalue weighted by atomic mass is 32.1. The van der Waals surface area contributed by atoms with Gasteiger partial charge in [0.05, 0.1) is 6.04 Å². The van der Waals surface area contributed by atoms with Crippen molar-refractivity contribution >= 4 is 17.2 Å². The first-order valence-corrected chi connectivity index (χ1v) is 6.82. The summed E-state index contributed by atoms with van der Waals surface area (Å²) in [5.41, 5.74) is 1.07. The average Bonchev–Trinajstić information content (AvgIpc) is 2.90. The third kappa shape index (κ3) is 3.03. The highest BCUT2D eigenvalue weighted by molar-refractivity contribution is 7.10. The Bertz CT molecular complexity index is 453. The summed E-state index contributed by atoms with van der Waals surface area (Å²) in [6, 6.07) is 6.61. The number of thiophene rings is 1. The number of anilines is 1. The van der Waals surface area contributed by atoms with Crippen molar-refractivity contribution in [2.75, 3.05) is 5.32 Å². The van der Waals surface area contributed by atoms with Crippen molar-refractivity contribution in [3.63, 3.8) is 0 Å². The number of aromatic nitrogens is 2. The molecule has 0 aliphatic rings. The first-order valence-electron chi connectivity index (χ1n) is 5.94. The van der Waals surface area contributed by atoms with Crippen molar-refractivity contribution in [3.8, 4) is 0 Å². The molecule has 1 unspecified atom stereocenters. The summed E-state index contributed by atoms with van der Waals surface area (Å²) < 4.78 is 0. The standard InChI is InChI=1S/C13H17N3S/c1-3-10-8-13(15-9-14-10)16-11(4-2)12-6-5-7-17-12/h5-9,11H,3-4H2,1-2H3,(H,14,15,16). The SMILES string of the molecule is CCc1cc(NC(CC)c2cccs2)ncn1. The topological polar surface area (TPSA) is 37.8 Å². The van der Waals surface area contributed by atoms with Gasteiger partial charge in [-0.2, -0.15) is 0 Å². The van der Waals surface area contributed by atoms with E-state index in [1.807, 2.05) is 6.07 Å². The molecular weight excluding hydrogens is 230 g/mol. The van der Waals surface area contributed by atoms with Crippen molar-refractivity contribution in [3.05, 3.63) is 40.5 Å². The van der Waals surface area contributed by atoms with Crippen LogP contribution in [0.2, 0.25) is 0 Å². The van der Waals surface area contributed by atoms with Crippen molar-refractivity contribution < 1.29 is 0 Å². The van der Waals surface area contributed by atoms with E-state index in [-0.39, 0.29) is 0 Å². The molecule has 2 aromatic heterocycles. The molecule has 1 atom stereocenters. The second kappa shape index (κ2) is 5.77. The van der Waals surface area contributed by atoms with Crippen molar-refractivity contribution in [1.29, 1.82) is 0 Å². The van der Waals surface area contributed by atoms with Gasteiger partial charge in [-0.3, -0.25) is 0 Å². The minimum Gasteiger partial charge on any atom is -0.362 e. The third-order valence-electron chi connectivity index (χ3n) is 2.70. The predicted molar refractivity (Wildman–Crippen MR) is 72.4 cm³/mol. The molecule has 0 saturated carbocycles. The molecule has 0 amide bonds. The lowest BCUT2D eigenvalue weighted by atomic mass is 10.2. The molecule has 0 aliphatic heterocycles. The second-order valence-electron chi connectivity index (χ2n) is 3.87. The summed E-state index contributed by atoms with van der Waals surface area (Å²) in [5.74, 6) is 0.914. The Kier molecular flexibility index (Phi) is 4.09. The molecule has 2 heterocycles. The molecule has 0 saturated heterocycles. The van der Waals surface area contributed by atoms with Gasteiger partial charge in [0.1, 0.15) is 12.1 Å². The van der Waals surface area contributed by atoms with Crippen LogP contribution in [-0.2, 0) is 6.42 Å². The first-order chi connectivity index (χ1) is 8.33. The Morgan fingerprint density at radius 2 is 2.24 bits per heavy atom. The van der Waals surface area contributed by atoms with E-state index in [1.165, 1.54) is 4.88 Å². The van der Waals surface area contributed by atoms with Gasteiger partial charge in [0.2, 0.25) is 0 Å². The van der Waals surface area contributed by atoms with Crippen LogP contribution in [0, 0.1) is 0 Å². The van der Waals surface area contributed by atoms with E-state index < -0.39 is 0 Å². The summed E-state index contributed by atoms with van der Waals surface area (Å²) in [7, 11) is 0. The fourth-order valence-corrected chi connectivity index (χ4v) is 2.57. The van der Waals surface area contributed by atoms with Crippen molar-refractivity contribution in [2.45, 2.75) is 32.7 Å². The normalized spacial score (nSPS) is 12.4. The Hall–Kier alpha value is -1.42. The maximum absolute atomic E-state index is 4.27. The van der Waals surface area contributed by atoms with Gasteiger partial charge >= 0.3 is 0 Å². The van der Waals surface area contributed by atoms with Crippen LogP contribution in [0.3, 0.4) is 0 Å². The molecule has 0 spiro atoms. The summed E-state index contributed by atoms with van der Waals surface area (Å²) in [6.07, 6.45) is 3.61. The van der Waals surface area contributed by atoms with E-state index in [9.17, 15) is 0 Å². The zero-order chi connectivity index (χ0) is 12.1. The van der Waals surface area contributed by atoms with Gasteiger partial charge < -0.3 is 5.32 Å². The summed E-state index contributed by atoms with van der Waals surface area (Å²) >= 11 is 1.78. The fraction of sp³-hybridized carbons (Fsp3) is 0.385. The van der Waals surface area contributed by atoms with E-state index in [1.54, 1.807) is 17.7 Å². The number of aryl methyl sites for hydroxylation is 1. The number of nitrogens with one attached hydrogen (secondary N) is 1. The van der Waals surface area contributed by atoms with Crippen LogP contribution in [0.15, 0.2) is 29.9 Å². The molecule has 0 fully saturated rings. The lowest BCUT2D eigenvalue weighted by Gasteiger charge is -2.16. The van der Waals surface area contributed by atoms with Gasteiger partial charge in [0, 0.05) is 16.6 Å². The van der Waals surface area contributed by atoms with Gasteiger partial charge in [-0.25, -0.2) is 9.97 Å². The van der Waals surface area contributed by atoms with Crippen LogP contribution in [0.25, 0.3) is 0 Å². The van der Waals surface area contributed by atoms with E-state index in [0.717, 1.165) is 24.4 Å². The minimum absolute atomic E-state index is 0.342. The molecule has 0 aromatic carbocycles. The number of nitrogens with zero attached hydrogens (tertiary/aromatic N) is 2. The fourth-order valence-electron chi connectivity index (χ4n) is 1.71. The van der Waals surface area contributed by atoms with E-state index >= 15 is 0 Å². The molecule has 2 rings (SSSR count). The molecule has 0 bridgehead atoms. The van der Waals surface area contributed by atoms with Gasteiger partial charge in [-0.05, 0) is 24.3 Å². The predicted octanol–water partition coefficient (Wildman–Crippen LogP) is 3.66. The second-order valence-corrected chi connectivity index (χ2v) is 4.85. The van der Waals surface area contributed by atoms with Crippen LogP contribution in [0.1, 0.15) is 36.9 Å². The number of hydrogen-bond donors (Lipinski definition) is 1. The molecule has 2 aromatic rings. The van der Waals surface area contributed by atoms with Crippen LogP contribution < -0.4 is 5.32 Å². The number of rotatable bonds is 5. The van der Waals surface area contributed by atoms with Crippen LogP contribution in [0.5, 0.6) is 0 Å². The molecule has 0 aliphatic carbocycles. The van der Waals surface area contributed by atoms with Crippen molar-refractivity contribution in [1.82, 2.24) is 9.97 Å². The summed E-state index contributed by atoms with van der Waals surface area (Å²) in [5, 5.41) is 5.57. The van der Waals surface area contributed by atoms with E-state index in [4.69, 9.17) is 0 Å². The van der Waals surface area contributed by atoms with E-state index in [2.05, 4.69) is 46.6 Å². The smallest absolute Gasteiger partial charge is 0.130 e. The molecule has 0 radical (unpaired) electrons. The van der Waals surface area contributed by atoms with Crippen molar-refractivity contribution in [2.24, 2.45) is 0 Å². The molecule has 90 valence electrons. The molecule has 17 heavy (non-hydrogen) atoms. The average molecular weight is 247 g/mol. The highest BCUT2D eigenvalue weighted by Crippen LogP contribution is 2.25. The molecule has 1 N–H and O–H groups in total. The van der Waals surface area contributed by atoms with E-state index in [0.29, 0.717) is 6.04 Å². The quantitative estimate of drug-likeness (QED) is 0.876. The molecule has 3 nitrogen and oxygen atoms in total. The van der Waals surface area contributed by atoms with Crippen LogP contribution in [0.4, 0.5) is 5.82 Å². The zero-order valence-corrected chi connectivity index (χ0v) is 11.0. The van der Waals surface area contributed by atoms with Crippen LogP contribution >= 0.6 is 11.3 Å². The Morgan fingerprint density at radius 1 is 1.35 bits per heavy atom. The summed E-state index contributed by atoms with van der Waals surface area (Å²) in [6.45, 7) is 4.28. The van der Waals surface area contributed by atoms with Gasteiger partial charge in [-0.15, -0.1) is 11.3 Å². The monoisotopic (exact) mass is 247 g/mol. The molecule has 4 heteroatoms. The lowest BCUT2D eigenvalue weighted by Crippen LogP contribution is -2.09. The Balaban J connectivity index is 2.13. The van der Waals surface area contributed by atoms with Gasteiger partial charge in [0.15, 0.2) is 0 Å². The Morgan fingerprint density at radius 3 is 2.88 bits per heavy atom. The largest absolute Gasteiger partial charge is 0.362 e. The Labute approximate surface area is 106 Å². The van der Waals surface area contributed by atoms with Gasteiger partial charge in [-0.1, -0.05) is 19.9 Å². The summed E-state index contributed by atoms with van der Waals surface area (Å²) in [4.78, 5) is 9.82. The third-order valence-corrected chi connectivity index (χ3v) is 3.69. The first kappa shape index (κ1) is 12.0. The lowest BCUT2D eigenvalue weighted by molar-refractivity contribution is 0.757. The maximum Gasteiger partial charge on any atom is 0.130 e. The number of hydrogen-bond acceptors (Lipinski definition) is 4. The van der Waals surface area contributed by atoms with Crippen LogP contribution in [-0.4, -0.2) is 9.97 Å². The minimum atomic E-state index is 0.342. The molecular formula is C13H17N3S. The van der Waals surface area contributed by atoms with Gasteiger partial charge in [0.25, 0.3) is 0 Å².